The molecule has 3 heteroatoms. The Kier molecular flexibility index (Phi) is 3.65. The molecule has 1 unspecified atom stereocenters. The predicted octanol–water partition coefficient (Wildman–Crippen LogP) is 3.39. The van der Waals surface area contributed by atoms with Crippen LogP contribution in [0.3, 0.4) is 0 Å². The molecular weight excluding hydrogens is 238 g/mol. The number of pyridine rings is 1. The molecular formula is C16H21NO2. The Bertz CT molecular complexity index is 432. The van der Waals surface area contributed by atoms with Gasteiger partial charge >= 0.3 is 0 Å². The van der Waals surface area contributed by atoms with Crippen LogP contribution in [0.15, 0.2) is 24.4 Å². The Hall–Kier alpha value is -1.22. The number of ketones is 1. The smallest absolute Gasteiger partial charge is 0.184 e. The van der Waals surface area contributed by atoms with Gasteiger partial charge in [-0.2, -0.15) is 0 Å². The van der Waals surface area contributed by atoms with Crippen LogP contribution in [0.1, 0.15) is 55.4 Å². The Balaban J connectivity index is 1.73. The molecule has 1 aromatic heterocycles. The molecule has 1 aromatic rings. The van der Waals surface area contributed by atoms with Crippen LogP contribution in [0, 0.1) is 5.92 Å². The molecule has 0 bridgehead atoms. The third-order valence-corrected chi connectivity index (χ3v) is 4.55. The van der Waals surface area contributed by atoms with E-state index < -0.39 is 0 Å². The molecule has 3 rings (SSSR count). The first-order valence-electron chi connectivity index (χ1n) is 7.38. The van der Waals surface area contributed by atoms with Crippen LogP contribution in [0.5, 0.6) is 0 Å². The topological polar surface area (TPSA) is 39.2 Å². The summed E-state index contributed by atoms with van der Waals surface area (Å²) in [6.45, 7) is 0.725. The van der Waals surface area contributed by atoms with Crippen molar-refractivity contribution in [2.75, 3.05) is 6.61 Å². The minimum absolute atomic E-state index is 0.00833. The third kappa shape index (κ3) is 2.71. The van der Waals surface area contributed by atoms with Gasteiger partial charge in [0.2, 0.25) is 0 Å². The van der Waals surface area contributed by atoms with Gasteiger partial charge in [0.05, 0.1) is 5.60 Å². The van der Waals surface area contributed by atoms with E-state index in [2.05, 4.69) is 4.98 Å². The zero-order valence-corrected chi connectivity index (χ0v) is 11.3. The monoisotopic (exact) mass is 259 g/mol. The van der Waals surface area contributed by atoms with E-state index >= 15 is 0 Å². The molecule has 3 nitrogen and oxygen atoms in total. The van der Waals surface area contributed by atoms with E-state index in [1.165, 1.54) is 19.3 Å². The normalized spacial score (nSPS) is 26.2. The van der Waals surface area contributed by atoms with Crippen molar-refractivity contribution in [3.63, 3.8) is 0 Å². The van der Waals surface area contributed by atoms with Crippen molar-refractivity contribution in [3.8, 4) is 0 Å². The second kappa shape index (κ2) is 5.41. The zero-order chi connectivity index (χ0) is 13.1. The number of aromatic nitrogens is 1. The van der Waals surface area contributed by atoms with Crippen LogP contribution in [0.2, 0.25) is 0 Å². The average molecular weight is 259 g/mol. The summed E-state index contributed by atoms with van der Waals surface area (Å²) in [5, 5.41) is 0. The summed E-state index contributed by atoms with van der Waals surface area (Å²) in [5.41, 5.74) is 0.603. The van der Waals surface area contributed by atoms with Crippen LogP contribution < -0.4 is 0 Å². The molecule has 19 heavy (non-hydrogen) atoms. The van der Waals surface area contributed by atoms with E-state index in [1.807, 2.05) is 18.2 Å². The molecule has 1 aliphatic carbocycles. The molecule has 1 saturated heterocycles. The van der Waals surface area contributed by atoms with Gasteiger partial charge in [0.1, 0.15) is 5.69 Å². The summed E-state index contributed by atoms with van der Waals surface area (Å²) in [7, 11) is 0. The number of carbonyl (C=O) groups excluding carboxylic acids is 1. The maximum Gasteiger partial charge on any atom is 0.184 e. The number of rotatable bonds is 2. The summed E-state index contributed by atoms with van der Waals surface area (Å²) in [5.74, 6) is 0.301. The Morgan fingerprint density at radius 2 is 2.11 bits per heavy atom. The van der Waals surface area contributed by atoms with Gasteiger partial charge in [-0.3, -0.25) is 9.78 Å². The fourth-order valence-corrected chi connectivity index (χ4v) is 3.51. The molecule has 2 fully saturated rings. The molecule has 1 aliphatic heterocycles. The summed E-state index contributed by atoms with van der Waals surface area (Å²) >= 11 is 0. The molecule has 1 saturated carbocycles. The van der Waals surface area contributed by atoms with Gasteiger partial charge in [-0.15, -0.1) is 0 Å². The van der Waals surface area contributed by atoms with Crippen LogP contribution in [-0.4, -0.2) is 23.0 Å². The molecule has 0 N–H and O–H groups in total. The van der Waals surface area contributed by atoms with E-state index in [1.54, 1.807) is 6.20 Å². The van der Waals surface area contributed by atoms with E-state index in [-0.39, 0.29) is 17.3 Å². The fourth-order valence-electron chi connectivity index (χ4n) is 3.51. The zero-order valence-electron chi connectivity index (χ0n) is 11.3. The highest BCUT2D eigenvalue weighted by molar-refractivity contribution is 5.96. The number of hydrogen-bond acceptors (Lipinski definition) is 3. The van der Waals surface area contributed by atoms with Gasteiger partial charge in [0.15, 0.2) is 5.78 Å². The molecule has 2 heterocycles. The minimum Gasteiger partial charge on any atom is -0.375 e. The molecule has 1 atom stereocenters. The minimum atomic E-state index is -0.00833. The van der Waals surface area contributed by atoms with Crippen molar-refractivity contribution in [2.24, 2.45) is 5.92 Å². The number of ether oxygens (including phenoxy) is 1. The Morgan fingerprint density at radius 1 is 1.26 bits per heavy atom. The highest BCUT2D eigenvalue weighted by Crippen LogP contribution is 2.41. The standard InChI is InChI=1S/C16H21NO2/c18-15(14-6-2-5-10-17-14)13-7-11-19-16(12-13)8-3-1-4-9-16/h2,5-6,10,13H,1,3-4,7-9,11-12H2. The fraction of sp³-hybridized carbons (Fsp3) is 0.625. The molecule has 0 radical (unpaired) electrons. The van der Waals surface area contributed by atoms with Gasteiger partial charge < -0.3 is 4.74 Å². The van der Waals surface area contributed by atoms with Crippen LogP contribution in [0.4, 0.5) is 0 Å². The molecule has 0 aromatic carbocycles. The second-order valence-corrected chi connectivity index (χ2v) is 5.86. The third-order valence-electron chi connectivity index (χ3n) is 4.55. The lowest BCUT2D eigenvalue weighted by atomic mass is 9.74. The maximum absolute atomic E-state index is 12.5. The van der Waals surface area contributed by atoms with Gasteiger partial charge in [-0.1, -0.05) is 25.3 Å². The van der Waals surface area contributed by atoms with Crippen LogP contribution in [0.25, 0.3) is 0 Å². The van der Waals surface area contributed by atoms with E-state index in [0.29, 0.717) is 5.69 Å². The van der Waals surface area contributed by atoms with Crippen molar-refractivity contribution < 1.29 is 9.53 Å². The first kappa shape index (κ1) is 12.8. The maximum atomic E-state index is 12.5. The highest BCUT2D eigenvalue weighted by Gasteiger charge is 2.40. The lowest BCUT2D eigenvalue weighted by Crippen LogP contribution is -2.43. The van der Waals surface area contributed by atoms with Crippen LogP contribution >= 0.6 is 0 Å². The van der Waals surface area contributed by atoms with Crippen molar-refractivity contribution in [1.82, 2.24) is 4.98 Å². The van der Waals surface area contributed by atoms with Crippen LogP contribution in [-0.2, 0) is 4.74 Å². The molecule has 0 amide bonds. The predicted molar refractivity (Wildman–Crippen MR) is 73.1 cm³/mol. The van der Waals surface area contributed by atoms with Gasteiger partial charge in [0.25, 0.3) is 0 Å². The summed E-state index contributed by atoms with van der Waals surface area (Å²) in [6.07, 6.45) is 9.47. The molecule has 1 spiro atoms. The summed E-state index contributed by atoms with van der Waals surface area (Å²) in [6, 6.07) is 5.56. The quantitative estimate of drug-likeness (QED) is 0.764. The summed E-state index contributed by atoms with van der Waals surface area (Å²) in [4.78, 5) is 16.7. The highest BCUT2D eigenvalue weighted by atomic mass is 16.5. The molecule has 2 aliphatic rings. The van der Waals surface area contributed by atoms with Crippen molar-refractivity contribution in [1.29, 1.82) is 0 Å². The largest absolute Gasteiger partial charge is 0.375 e. The average Bonchev–Trinajstić information content (AvgIpc) is 2.48. The lowest BCUT2D eigenvalue weighted by molar-refractivity contribution is -0.111. The number of nitrogens with zero attached hydrogens (tertiary/aromatic N) is 1. The van der Waals surface area contributed by atoms with Gasteiger partial charge in [-0.25, -0.2) is 0 Å². The number of Topliss-reactive ketones (excluding diaryl/α,β-unsaturated/α-hetero) is 1. The number of carbonyl (C=O) groups is 1. The first-order valence-corrected chi connectivity index (χ1v) is 7.38. The Labute approximate surface area is 114 Å². The second-order valence-electron chi connectivity index (χ2n) is 5.86. The van der Waals surface area contributed by atoms with Crippen molar-refractivity contribution in [2.45, 2.75) is 50.5 Å². The lowest BCUT2D eigenvalue weighted by Gasteiger charge is -2.43. The Morgan fingerprint density at radius 3 is 2.84 bits per heavy atom. The van der Waals surface area contributed by atoms with E-state index in [0.717, 1.165) is 32.3 Å². The summed E-state index contributed by atoms with van der Waals surface area (Å²) < 4.78 is 6.05. The van der Waals surface area contributed by atoms with Crippen molar-refractivity contribution in [3.05, 3.63) is 30.1 Å². The molecule has 102 valence electrons. The van der Waals surface area contributed by atoms with Gasteiger partial charge in [0, 0.05) is 18.7 Å². The van der Waals surface area contributed by atoms with Gasteiger partial charge in [-0.05, 0) is 37.8 Å². The number of hydrogen-bond donors (Lipinski definition) is 0. The van der Waals surface area contributed by atoms with E-state index in [9.17, 15) is 4.79 Å². The first-order chi connectivity index (χ1) is 9.29. The SMILES string of the molecule is O=C(c1ccccn1)C1CCOC2(CCCCC2)C1. The van der Waals surface area contributed by atoms with Crippen molar-refractivity contribution >= 4 is 5.78 Å². The van der Waals surface area contributed by atoms with E-state index in [4.69, 9.17) is 4.74 Å².